The number of sulfonamides is 1. The van der Waals surface area contributed by atoms with Gasteiger partial charge < -0.3 is 4.74 Å². The van der Waals surface area contributed by atoms with Gasteiger partial charge in [0.15, 0.2) is 6.61 Å². The summed E-state index contributed by atoms with van der Waals surface area (Å²) in [6.45, 7) is -0.513. The molecule has 0 aliphatic carbocycles. The fraction of sp³-hybridized carbons (Fsp3) is 0.400. The summed E-state index contributed by atoms with van der Waals surface area (Å²) < 4.78 is 31.4. The molecule has 0 bridgehead atoms. The van der Waals surface area contributed by atoms with Gasteiger partial charge in [0.05, 0.1) is 16.5 Å². The quantitative estimate of drug-likeness (QED) is 0.664. The molecule has 0 saturated carbocycles. The molecular formula is C15H16Cl2N2O6S. The molecule has 0 radical (unpaired) electrons. The van der Waals surface area contributed by atoms with Crippen LogP contribution in [0.2, 0.25) is 10.0 Å². The lowest BCUT2D eigenvalue weighted by atomic mass is 10.4. The molecule has 0 aromatic heterocycles. The number of nitrogens with zero attached hydrogens (tertiary/aromatic N) is 1. The van der Waals surface area contributed by atoms with Crippen molar-refractivity contribution in [1.82, 2.24) is 9.62 Å². The number of benzene rings is 1. The standard InChI is InChI=1S/C15H16Cl2N2O6S/c16-10-3-1-4-11(17)15(10)26(23,24)18-7-6-14(22)25-9-13(21)19-8-2-5-12(19)20/h1,3-4,18H,2,5-9H2. The first kappa shape index (κ1) is 20.6. The minimum absolute atomic E-state index is 0.0477. The Morgan fingerprint density at radius 3 is 2.46 bits per heavy atom. The van der Waals surface area contributed by atoms with Crippen molar-refractivity contribution < 1.29 is 27.5 Å². The van der Waals surface area contributed by atoms with Crippen molar-refractivity contribution in [2.75, 3.05) is 19.7 Å². The van der Waals surface area contributed by atoms with E-state index in [0.29, 0.717) is 19.4 Å². The maximum Gasteiger partial charge on any atom is 0.307 e. The molecule has 1 fully saturated rings. The second kappa shape index (κ2) is 8.81. The van der Waals surface area contributed by atoms with E-state index in [1.807, 2.05) is 0 Å². The Kier molecular flexibility index (Phi) is 6.99. The van der Waals surface area contributed by atoms with E-state index in [4.69, 9.17) is 27.9 Å². The molecule has 142 valence electrons. The lowest BCUT2D eigenvalue weighted by molar-refractivity contribution is -0.154. The van der Waals surface area contributed by atoms with Crippen LogP contribution >= 0.6 is 23.2 Å². The van der Waals surface area contributed by atoms with Crippen LogP contribution in [-0.2, 0) is 29.1 Å². The number of amides is 2. The van der Waals surface area contributed by atoms with Crippen LogP contribution in [0.3, 0.4) is 0 Å². The normalized spacial score (nSPS) is 14.5. The summed E-state index contributed by atoms with van der Waals surface area (Å²) in [5.74, 6) is -1.67. The number of rotatable bonds is 7. The number of hydrogen-bond donors (Lipinski definition) is 1. The number of halogens is 2. The zero-order chi connectivity index (χ0) is 19.3. The summed E-state index contributed by atoms with van der Waals surface area (Å²) in [4.78, 5) is 35.5. The van der Waals surface area contributed by atoms with Gasteiger partial charge in [-0.15, -0.1) is 0 Å². The maximum absolute atomic E-state index is 12.2. The molecule has 8 nitrogen and oxygen atoms in total. The summed E-state index contributed by atoms with van der Waals surface area (Å²) in [5.41, 5.74) is 0. The van der Waals surface area contributed by atoms with E-state index < -0.39 is 28.5 Å². The van der Waals surface area contributed by atoms with Gasteiger partial charge in [-0.25, -0.2) is 13.1 Å². The number of hydrogen-bond acceptors (Lipinski definition) is 6. The molecule has 1 heterocycles. The number of likely N-dealkylation sites (tertiary alicyclic amines) is 1. The fourth-order valence-corrected chi connectivity index (χ4v) is 4.47. The van der Waals surface area contributed by atoms with Gasteiger partial charge in [0, 0.05) is 19.5 Å². The third-order valence-electron chi connectivity index (χ3n) is 3.54. The van der Waals surface area contributed by atoms with Gasteiger partial charge in [0.1, 0.15) is 4.90 Å². The fourth-order valence-electron chi connectivity index (χ4n) is 2.30. The monoisotopic (exact) mass is 422 g/mol. The van der Waals surface area contributed by atoms with Crippen LogP contribution in [0.5, 0.6) is 0 Å². The molecular weight excluding hydrogens is 407 g/mol. The van der Waals surface area contributed by atoms with Crippen molar-refractivity contribution in [2.45, 2.75) is 24.2 Å². The summed E-state index contributed by atoms with van der Waals surface area (Å²) in [5, 5.41) is -0.0955. The number of imide groups is 1. The Morgan fingerprint density at radius 1 is 1.23 bits per heavy atom. The first-order chi connectivity index (χ1) is 12.2. The van der Waals surface area contributed by atoms with Crippen LogP contribution in [0.1, 0.15) is 19.3 Å². The van der Waals surface area contributed by atoms with Gasteiger partial charge in [-0.1, -0.05) is 29.3 Å². The maximum atomic E-state index is 12.2. The molecule has 2 amide bonds. The summed E-state index contributed by atoms with van der Waals surface area (Å²) in [6.07, 6.45) is 0.583. The van der Waals surface area contributed by atoms with E-state index in [0.717, 1.165) is 4.90 Å². The Labute approximate surface area is 160 Å². The molecule has 1 N–H and O–H groups in total. The first-order valence-corrected chi connectivity index (χ1v) is 9.89. The van der Waals surface area contributed by atoms with Gasteiger partial charge in [-0.3, -0.25) is 19.3 Å². The van der Waals surface area contributed by atoms with Crippen molar-refractivity contribution in [3.8, 4) is 0 Å². The summed E-state index contributed by atoms with van der Waals surface area (Å²) >= 11 is 11.7. The molecule has 1 saturated heterocycles. The molecule has 11 heteroatoms. The molecule has 1 aliphatic rings. The highest BCUT2D eigenvalue weighted by Gasteiger charge is 2.27. The molecule has 0 spiro atoms. The Hall–Kier alpha value is -1.68. The number of carbonyl (C=O) groups is 3. The largest absolute Gasteiger partial charge is 0.456 e. The number of ether oxygens (including phenoxy) is 1. The lowest BCUT2D eigenvalue weighted by Crippen LogP contribution is -2.35. The van der Waals surface area contributed by atoms with E-state index >= 15 is 0 Å². The minimum Gasteiger partial charge on any atom is -0.456 e. The number of nitrogens with one attached hydrogen (secondary N) is 1. The predicted octanol–water partition coefficient (Wildman–Crippen LogP) is 1.35. The highest BCUT2D eigenvalue weighted by molar-refractivity contribution is 7.89. The van der Waals surface area contributed by atoms with Gasteiger partial charge >= 0.3 is 5.97 Å². The lowest BCUT2D eigenvalue weighted by Gasteiger charge is -2.13. The number of esters is 1. The van der Waals surface area contributed by atoms with Gasteiger partial charge in [-0.2, -0.15) is 0 Å². The summed E-state index contributed by atoms with van der Waals surface area (Å²) in [7, 11) is -4.01. The van der Waals surface area contributed by atoms with Crippen molar-refractivity contribution in [2.24, 2.45) is 0 Å². The SMILES string of the molecule is O=C(CCNS(=O)(=O)c1c(Cl)cccc1Cl)OCC(=O)N1CCCC1=O. The number of carbonyl (C=O) groups excluding carboxylic acids is 3. The molecule has 1 aromatic rings. The van der Waals surface area contributed by atoms with Gasteiger partial charge in [-0.05, 0) is 18.6 Å². The highest BCUT2D eigenvalue weighted by atomic mass is 35.5. The van der Waals surface area contributed by atoms with E-state index in [2.05, 4.69) is 4.72 Å². The average Bonchev–Trinajstić information content (AvgIpc) is 2.98. The highest BCUT2D eigenvalue weighted by Crippen LogP contribution is 2.28. The van der Waals surface area contributed by atoms with Crippen LogP contribution in [0.25, 0.3) is 0 Å². The molecule has 1 aromatic carbocycles. The van der Waals surface area contributed by atoms with Crippen molar-refractivity contribution in [3.05, 3.63) is 28.2 Å². The van der Waals surface area contributed by atoms with Crippen LogP contribution in [0.15, 0.2) is 23.1 Å². The Morgan fingerprint density at radius 2 is 1.88 bits per heavy atom. The molecule has 0 atom stereocenters. The van der Waals surface area contributed by atoms with Crippen LogP contribution in [0.4, 0.5) is 0 Å². The second-order valence-electron chi connectivity index (χ2n) is 5.40. The smallest absolute Gasteiger partial charge is 0.307 e. The van der Waals surface area contributed by atoms with Gasteiger partial charge in [0.2, 0.25) is 15.9 Å². The average molecular weight is 423 g/mol. The zero-order valence-electron chi connectivity index (χ0n) is 13.5. The topological polar surface area (TPSA) is 110 Å². The first-order valence-electron chi connectivity index (χ1n) is 7.65. The second-order valence-corrected chi connectivity index (χ2v) is 7.92. The third-order valence-corrected chi connectivity index (χ3v) is 5.96. The van der Waals surface area contributed by atoms with E-state index in [1.165, 1.54) is 18.2 Å². The molecule has 0 unspecified atom stereocenters. The van der Waals surface area contributed by atoms with Crippen LogP contribution in [0, 0.1) is 0 Å². The summed E-state index contributed by atoms with van der Waals surface area (Å²) in [6, 6.07) is 4.26. The van der Waals surface area contributed by atoms with Crippen molar-refractivity contribution in [1.29, 1.82) is 0 Å². The van der Waals surface area contributed by atoms with Crippen LogP contribution < -0.4 is 4.72 Å². The van der Waals surface area contributed by atoms with Crippen molar-refractivity contribution >= 4 is 51.0 Å². The zero-order valence-corrected chi connectivity index (χ0v) is 15.9. The van der Waals surface area contributed by atoms with E-state index in [-0.39, 0.29) is 33.8 Å². The Balaban J connectivity index is 1.81. The van der Waals surface area contributed by atoms with Gasteiger partial charge in [0.25, 0.3) is 5.91 Å². The van der Waals surface area contributed by atoms with Crippen molar-refractivity contribution in [3.63, 3.8) is 0 Å². The van der Waals surface area contributed by atoms with E-state index in [1.54, 1.807) is 0 Å². The molecule has 26 heavy (non-hydrogen) atoms. The third kappa shape index (κ3) is 5.16. The minimum atomic E-state index is -4.01. The van der Waals surface area contributed by atoms with E-state index in [9.17, 15) is 22.8 Å². The molecule has 2 rings (SSSR count). The van der Waals surface area contributed by atoms with Crippen LogP contribution in [-0.4, -0.2) is 50.8 Å². The Bertz CT molecular complexity index is 807. The molecule has 1 aliphatic heterocycles. The predicted molar refractivity (Wildman–Crippen MR) is 93.2 cm³/mol.